The number of hydrogen-bond donors (Lipinski definition) is 4. The minimum absolute atomic E-state index is 0.149. The molecule has 4 N–H and O–H groups in total. The number of aromatic nitrogens is 5. The van der Waals surface area contributed by atoms with Crippen molar-refractivity contribution in [2.75, 3.05) is 48.8 Å². The van der Waals surface area contributed by atoms with Crippen LogP contribution >= 0.6 is 0 Å². The minimum Gasteiger partial charge on any atom is -0.421 e. The van der Waals surface area contributed by atoms with Crippen LogP contribution in [0.25, 0.3) is 33.2 Å². The maximum absolute atomic E-state index is 15.2. The van der Waals surface area contributed by atoms with Gasteiger partial charge in [0.2, 0.25) is 5.95 Å². The maximum Gasteiger partial charge on any atom is 0.324 e. The van der Waals surface area contributed by atoms with E-state index in [0.29, 0.717) is 40.8 Å². The monoisotopic (exact) mass is 497 g/mol. The number of ether oxygens (including phenoxy) is 1. The molecule has 0 amide bonds. The average molecular weight is 498 g/mol. The summed E-state index contributed by atoms with van der Waals surface area (Å²) in [6.07, 6.45) is 3.27. The summed E-state index contributed by atoms with van der Waals surface area (Å²) >= 11 is 0. The lowest BCUT2D eigenvalue weighted by Crippen LogP contribution is -2.44. The Balaban J connectivity index is 1.38. The van der Waals surface area contributed by atoms with Crippen molar-refractivity contribution in [3.8, 4) is 23.0 Å². The van der Waals surface area contributed by atoms with Gasteiger partial charge in [-0.25, -0.2) is 14.4 Å². The van der Waals surface area contributed by atoms with E-state index in [-0.39, 0.29) is 11.8 Å². The van der Waals surface area contributed by atoms with Gasteiger partial charge in [0.1, 0.15) is 11.5 Å². The lowest BCUT2D eigenvalue weighted by atomic mass is 9.98. The van der Waals surface area contributed by atoms with Crippen LogP contribution in [-0.2, 0) is 6.54 Å². The summed E-state index contributed by atoms with van der Waals surface area (Å²) in [5.74, 6) is 0.803. The lowest BCUT2D eigenvalue weighted by Gasteiger charge is -2.27. The summed E-state index contributed by atoms with van der Waals surface area (Å²) in [6, 6.07) is 9.49. The van der Waals surface area contributed by atoms with Crippen LogP contribution in [0.15, 0.2) is 42.7 Å². The number of piperazine rings is 1. The molecule has 2 aliphatic heterocycles. The van der Waals surface area contributed by atoms with Crippen LogP contribution in [0, 0.1) is 5.82 Å². The minimum atomic E-state index is -0.294. The van der Waals surface area contributed by atoms with E-state index in [2.05, 4.69) is 40.8 Å². The fourth-order valence-electron chi connectivity index (χ4n) is 5.12. The number of halogens is 1. The molecule has 11 heteroatoms. The molecular formula is C26H24FN9O. The molecule has 0 radical (unpaired) electrons. The second-order valence-corrected chi connectivity index (χ2v) is 9.04. The van der Waals surface area contributed by atoms with Gasteiger partial charge in [-0.1, -0.05) is 18.2 Å². The fourth-order valence-corrected chi connectivity index (χ4v) is 5.12. The molecule has 0 unspecified atom stereocenters. The first kappa shape index (κ1) is 21.7. The quantitative estimate of drug-likeness (QED) is 0.294. The largest absolute Gasteiger partial charge is 0.421 e. The van der Waals surface area contributed by atoms with Crippen LogP contribution in [-0.4, -0.2) is 58.1 Å². The second kappa shape index (κ2) is 8.56. The second-order valence-electron chi connectivity index (χ2n) is 9.04. The highest BCUT2D eigenvalue weighted by atomic mass is 19.1. The molecule has 0 bridgehead atoms. The first-order valence-electron chi connectivity index (χ1n) is 12.2. The molecule has 5 heterocycles. The van der Waals surface area contributed by atoms with Crippen molar-refractivity contribution in [3.63, 3.8) is 0 Å². The molecule has 0 atom stereocenters. The highest BCUT2D eigenvalue weighted by Gasteiger charge is 2.25. The Morgan fingerprint density at radius 3 is 2.68 bits per heavy atom. The van der Waals surface area contributed by atoms with Gasteiger partial charge in [0.25, 0.3) is 0 Å². The number of benzene rings is 2. The molecule has 0 saturated carbocycles. The van der Waals surface area contributed by atoms with E-state index in [0.717, 1.165) is 53.7 Å². The molecule has 7 rings (SSSR count). The Morgan fingerprint density at radius 2 is 1.86 bits per heavy atom. The summed E-state index contributed by atoms with van der Waals surface area (Å²) in [5.41, 5.74) is 4.93. The van der Waals surface area contributed by atoms with Crippen LogP contribution in [0.2, 0.25) is 0 Å². The lowest BCUT2D eigenvalue weighted by molar-refractivity contribution is 0.440. The van der Waals surface area contributed by atoms with E-state index in [1.165, 1.54) is 6.07 Å². The zero-order valence-electron chi connectivity index (χ0n) is 20.1. The molecule has 186 valence electrons. The van der Waals surface area contributed by atoms with Gasteiger partial charge in [0.15, 0.2) is 5.75 Å². The summed E-state index contributed by atoms with van der Waals surface area (Å²) in [4.78, 5) is 24.0. The molecule has 1 fully saturated rings. The number of nitrogens with zero attached hydrogens (tertiary/aromatic N) is 5. The highest BCUT2D eigenvalue weighted by molar-refractivity contribution is 6.17. The fraction of sp³-hybridized carbons (Fsp3) is 0.231. The molecule has 37 heavy (non-hydrogen) atoms. The van der Waals surface area contributed by atoms with Gasteiger partial charge in [0.05, 0.1) is 34.7 Å². The first-order chi connectivity index (χ1) is 18.2. The third kappa shape index (κ3) is 3.58. The molecule has 2 aliphatic rings. The van der Waals surface area contributed by atoms with Crippen molar-refractivity contribution >= 4 is 39.3 Å². The Hall–Kier alpha value is -4.51. The number of nitrogens with one attached hydrogen (secondary N) is 4. The molecule has 2 aromatic carbocycles. The number of anilines is 3. The van der Waals surface area contributed by atoms with E-state index in [9.17, 15) is 0 Å². The Morgan fingerprint density at radius 1 is 1.05 bits per heavy atom. The van der Waals surface area contributed by atoms with Gasteiger partial charge in [-0.05, 0) is 12.1 Å². The zero-order valence-corrected chi connectivity index (χ0v) is 20.1. The highest BCUT2D eigenvalue weighted by Crippen LogP contribution is 2.43. The smallest absolute Gasteiger partial charge is 0.324 e. The van der Waals surface area contributed by atoms with Crippen LogP contribution in [0.4, 0.5) is 21.7 Å². The summed E-state index contributed by atoms with van der Waals surface area (Å²) in [7, 11) is 1.77. The first-order valence-corrected chi connectivity index (χ1v) is 12.2. The number of H-pyrrole nitrogens is 1. The standard InChI is InChI=1S/C26H24FN9O/c1-28-19-10-17(27)16-13-30-18-5-3-2-4-15(18)22-21-20(16)23(19)33-24(21)35-26(34-22)37-14-11-31-25(32-12-14)36-8-6-29-7-9-36/h2-5,10-12,28-30H,6-9,13H2,1H3,(H,33,34,35). The molecule has 5 aromatic rings. The van der Waals surface area contributed by atoms with Gasteiger partial charge < -0.3 is 30.6 Å². The SMILES string of the molecule is CNc1cc(F)c2c3c1[nH]c1nc(Oc4cnc(N5CCNCC5)nc4)nc(c13)-c1ccccc1NC2. The summed E-state index contributed by atoms with van der Waals surface area (Å²) in [6.45, 7) is 3.85. The van der Waals surface area contributed by atoms with Crippen molar-refractivity contribution in [1.82, 2.24) is 30.2 Å². The molecular weight excluding hydrogens is 473 g/mol. The van der Waals surface area contributed by atoms with Gasteiger partial charge in [-0.15, -0.1) is 0 Å². The number of rotatable bonds is 4. The molecule has 0 aliphatic carbocycles. The predicted molar refractivity (Wildman–Crippen MR) is 141 cm³/mol. The number of aromatic amines is 1. The maximum atomic E-state index is 15.2. The Kier molecular flexibility index (Phi) is 5.03. The number of fused-ring (bicyclic) bond motifs is 2. The van der Waals surface area contributed by atoms with Gasteiger partial charge in [-0.3, -0.25) is 0 Å². The van der Waals surface area contributed by atoms with E-state index in [1.54, 1.807) is 19.4 Å². The zero-order chi connectivity index (χ0) is 24.9. The van der Waals surface area contributed by atoms with E-state index < -0.39 is 0 Å². The topological polar surface area (TPSA) is 116 Å². The van der Waals surface area contributed by atoms with E-state index in [1.807, 2.05) is 24.3 Å². The average Bonchev–Trinajstić information content (AvgIpc) is 3.31. The van der Waals surface area contributed by atoms with Crippen molar-refractivity contribution < 1.29 is 9.13 Å². The molecule has 3 aromatic heterocycles. The van der Waals surface area contributed by atoms with E-state index in [4.69, 9.17) is 9.72 Å². The van der Waals surface area contributed by atoms with E-state index >= 15 is 4.39 Å². The number of para-hydroxylation sites is 1. The Bertz CT molecular complexity index is 1640. The van der Waals surface area contributed by atoms with Crippen molar-refractivity contribution in [1.29, 1.82) is 0 Å². The van der Waals surface area contributed by atoms with Gasteiger partial charge in [-0.2, -0.15) is 9.97 Å². The Labute approximate surface area is 211 Å². The summed E-state index contributed by atoms with van der Waals surface area (Å²) in [5, 5.41) is 11.3. The summed E-state index contributed by atoms with van der Waals surface area (Å²) < 4.78 is 21.3. The number of hydrogen-bond acceptors (Lipinski definition) is 9. The van der Waals surface area contributed by atoms with Crippen molar-refractivity contribution in [2.24, 2.45) is 0 Å². The van der Waals surface area contributed by atoms with Gasteiger partial charge >= 0.3 is 6.01 Å². The van der Waals surface area contributed by atoms with Crippen LogP contribution in [0.1, 0.15) is 5.56 Å². The van der Waals surface area contributed by atoms with Crippen molar-refractivity contribution in [3.05, 3.63) is 54.1 Å². The van der Waals surface area contributed by atoms with Crippen molar-refractivity contribution in [2.45, 2.75) is 6.54 Å². The van der Waals surface area contributed by atoms with Gasteiger partial charge in [0, 0.05) is 62.0 Å². The van der Waals surface area contributed by atoms with Crippen LogP contribution in [0.3, 0.4) is 0 Å². The van der Waals surface area contributed by atoms with Crippen LogP contribution in [0.5, 0.6) is 11.8 Å². The third-order valence-electron chi connectivity index (χ3n) is 6.89. The van der Waals surface area contributed by atoms with Crippen LogP contribution < -0.4 is 25.6 Å². The normalized spacial score (nSPS) is 14.8. The third-order valence-corrected chi connectivity index (χ3v) is 6.89. The predicted octanol–water partition coefficient (Wildman–Crippen LogP) is 3.88. The molecule has 1 saturated heterocycles. The molecule has 10 nitrogen and oxygen atoms in total. The molecule has 0 spiro atoms.